The molecule has 0 saturated heterocycles. The Morgan fingerprint density at radius 2 is 1.97 bits per heavy atom. The number of fused-ring (bicyclic) bond motifs is 1. The van der Waals surface area contributed by atoms with Crippen LogP contribution in [-0.2, 0) is 17.5 Å². The third kappa shape index (κ3) is 4.44. The Balaban J connectivity index is 2.09. The molecule has 0 N–H and O–H groups in total. The average molecular weight is 432 g/mol. The summed E-state index contributed by atoms with van der Waals surface area (Å²) in [6.07, 6.45) is 0.846. The number of esters is 1. The number of nitrogens with zero attached hydrogens (tertiary/aromatic N) is 2. The summed E-state index contributed by atoms with van der Waals surface area (Å²) >= 11 is 1.10. The minimum atomic E-state index is -4.57. The van der Waals surface area contributed by atoms with Crippen LogP contribution in [0.5, 0.6) is 0 Å². The lowest BCUT2D eigenvalue weighted by Crippen LogP contribution is -2.16. The zero-order valence-electron chi connectivity index (χ0n) is 15.7. The fourth-order valence-corrected chi connectivity index (χ4v) is 3.79. The molecule has 30 heavy (non-hydrogen) atoms. The summed E-state index contributed by atoms with van der Waals surface area (Å²) in [4.78, 5) is 28.7. The van der Waals surface area contributed by atoms with E-state index in [0.717, 1.165) is 29.5 Å². The molecule has 3 rings (SSSR count). The minimum absolute atomic E-state index is 0.0907. The van der Waals surface area contributed by atoms with E-state index in [-0.39, 0.29) is 23.5 Å². The molecule has 0 radical (unpaired) electrons. The molecule has 0 fully saturated rings. The summed E-state index contributed by atoms with van der Waals surface area (Å²) < 4.78 is 45.9. The van der Waals surface area contributed by atoms with Gasteiger partial charge in [-0.1, -0.05) is 23.3 Å². The van der Waals surface area contributed by atoms with E-state index in [1.54, 1.807) is 29.7 Å². The molecule has 0 saturated carbocycles. The molecule has 0 spiro atoms. The van der Waals surface area contributed by atoms with E-state index in [1.807, 2.05) is 0 Å². The maximum Gasteiger partial charge on any atom is 0.416 e. The van der Waals surface area contributed by atoms with Crippen molar-refractivity contribution in [1.29, 1.82) is 0 Å². The lowest BCUT2D eigenvalue weighted by Gasteiger charge is -2.06. The molecular formula is C21H15F3N2O3S. The predicted molar refractivity (Wildman–Crippen MR) is 106 cm³/mol. The monoisotopic (exact) mass is 432 g/mol. The first-order chi connectivity index (χ1) is 14.2. The summed E-state index contributed by atoms with van der Waals surface area (Å²) in [6, 6.07) is 8.87. The van der Waals surface area contributed by atoms with Gasteiger partial charge in [-0.05, 0) is 43.3 Å². The second-order valence-electron chi connectivity index (χ2n) is 6.07. The van der Waals surface area contributed by atoms with Crippen LogP contribution < -0.4 is 4.80 Å². The van der Waals surface area contributed by atoms with Gasteiger partial charge in [0.05, 0.1) is 34.5 Å². The van der Waals surface area contributed by atoms with Gasteiger partial charge in [0, 0.05) is 5.56 Å². The number of alkyl halides is 3. The molecule has 0 aliphatic heterocycles. The molecule has 154 valence electrons. The molecule has 1 heterocycles. The molecule has 0 unspecified atom stereocenters. The molecule has 5 nitrogen and oxygen atoms in total. The van der Waals surface area contributed by atoms with E-state index < -0.39 is 23.6 Å². The highest BCUT2D eigenvalue weighted by molar-refractivity contribution is 7.16. The van der Waals surface area contributed by atoms with Gasteiger partial charge in [-0.25, -0.2) is 4.79 Å². The number of amides is 1. The van der Waals surface area contributed by atoms with Crippen LogP contribution in [0.4, 0.5) is 13.2 Å². The van der Waals surface area contributed by atoms with Gasteiger partial charge in [0.2, 0.25) is 0 Å². The largest absolute Gasteiger partial charge is 0.462 e. The molecule has 0 aliphatic carbocycles. The van der Waals surface area contributed by atoms with Crippen molar-refractivity contribution in [2.24, 2.45) is 4.99 Å². The summed E-state index contributed by atoms with van der Waals surface area (Å²) in [6.45, 7) is 2.01. The van der Waals surface area contributed by atoms with Gasteiger partial charge < -0.3 is 9.30 Å². The number of thiazole rings is 1. The molecule has 0 aliphatic rings. The van der Waals surface area contributed by atoms with Crippen molar-refractivity contribution in [3.05, 3.63) is 64.0 Å². The van der Waals surface area contributed by atoms with E-state index in [2.05, 4.69) is 10.9 Å². The van der Waals surface area contributed by atoms with Crippen molar-refractivity contribution >= 4 is 33.4 Å². The first-order valence-corrected chi connectivity index (χ1v) is 9.56. The Morgan fingerprint density at radius 3 is 2.63 bits per heavy atom. The van der Waals surface area contributed by atoms with Crippen LogP contribution in [0.15, 0.2) is 47.5 Å². The third-order valence-corrected chi connectivity index (χ3v) is 5.12. The second kappa shape index (κ2) is 8.55. The van der Waals surface area contributed by atoms with Gasteiger partial charge in [0.1, 0.15) is 0 Å². The van der Waals surface area contributed by atoms with Crippen LogP contribution >= 0.6 is 11.3 Å². The van der Waals surface area contributed by atoms with E-state index in [1.165, 1.54) is 6.07 Å². The smallest absolute Gasteiger partial charge is 0.416 e. The van der Waals surface area contributed by atoms with Gasteiger partial charge in [-0.3, -0.25) is 4.79 Å². The summed E-state index contributed by atoms with van der Waals surface area (Å²) in [5, 5.41) is 0. The standard InChI is InChI=1S/C21H15F3N2O3S/c1-3-10-26-16-9-8-14(19(28)29-4-2)12-17(16)30-20(26)25-18(27)13-6-5-7-15(11-13)21(22,23)24/h1,5-9,11-12H,4,10H2,2H3. The maximum absolute atomic E-state index is 12.9. The lowest BCUT2D eigenvalue weighted by atomic mass is 10.1. The Hall–Kier alpha value is -3.38. The van der Waals surface area contributed by atoms with E-state index in [9.17, 15) is 22.8 Å². The molecule has 3 aromatic rings. The molecule has 0 bridgehead atoms. The third-order valence-electron chi connectivity index (χ3n) is 4.08. The Kier molecular flexibility index (Phi) is 6.08. The van der Waals surface area contributed by atoms with Crippen LogP contribution in [0.1, 0.15) is 33.2 Å². The van der Waals surface area contributed by atoms with Crippen LogP contribution in [0.25, 0.3) is 10.2 Å². The van der Waals surface area contributed by atoms with E-state index in [0.29, 0.717) is 15.8 Å². The van der Waals surface area contributed by atoms with Crippen molar-refractivity contribution in [2.75, 3.05) is 6.61 Å². The first kappa shape index (κ1) is 21.3. The summed E-state index contributed by atoms with van der Waals surface area (Å²) in [5.74, 6) is 1.14. The molecule has 1 aromatic heterocycles. The van der Waals surface area contributed by atoms with Crippen molar-refractivity contribution < 1.29 is 27.5 Å². The number of aromatic nitrogens is 1. The van der Waals surface area contributed by atoms with Gasteiger partial charge in [-0.2, -0.15) is 18.2 Å². The first-order valence-electron chi connectivity index (χ1n) is 8.75. The molecular weight excluding hydrogens is 417 g/mol. The Morgan fingerprint density at radius 1 is 1.20 bits per heavy atom. The number of hydrogen-bond donors (Lipinski definition) is 0. The number of terminal acetylenes is 1. The Labute approximate surface area is 173 Å². The number of carbonyl (C=O) groups excluding carboxylic acids is 2. The van der Waals surface area contributed by atoms with Gasteiger partial charge in [0.15, 0.2) is 4.80 Å². The fourth-order valence-electron chi connectivity index (χ4n) is 2.72. The predicted octanol–water partition coefficient (Wildman–Crippen LogP) is 4.27. The number of rotatable bonds is 4. The van der Waals surface area contributed by atoms with Crippen molar-refractivity contribution in [3.8, 4) is 12.3 Å². The van der Waals surface area contributed by atoms with Gasteiger partial charge in [-0.15, -0.1) is 6.42 Å². The van der Waals surface area contributed by atoms with Crippen LogP contribution in [0, 0.1) is 12.3 Å². The SMILES string of the molecule is C#CCn1c(=NC(=O)c2cccc(C(F)(F)F)c2)sc2cc(C(=O)OCC)ccc21. The topological polar surface area (TPSA) is 60.7 Å². The summed E-state index contributed by atoms with van der Waals surface area (Å²) in [5.41, 5.74) is -0.159. The fraction of sp³-hybridized carbons (Fsp3) is 0.190. The van der Waals surface area contributed by atoms with Crippen molar-refractivity contribution in [2.45, 2.75) is 19.6 Å². The van der Waals surface area contributed by atoms with Crippen molar-refractivity contribution in [1.82, 2.24) is 4.57 Å². The summed E-state index contributed by atoms with van der Waals surface area (Å²) in [7, 11) is 0. The highest BCUT2D eigenvalue weighted by atomic mass is 32.1. The van der Waals surface area contributed by atoms with Crippen LogP contribution in [0.2, 0.25) is 0 Å². The van der Waals surface area contributed by atoms with E-state index in [4.69, 9.17) is 11.2 Å². The zero-order chi connectivity index (χ0) is 21.9. The second-order valence-corrected chi connectivity index (χ2v) is 7.08. The maximum atomic E-state index is 12.9. The van der Waals surface area contributed by atoms with Gasteiger partial charge in [0.25, 0.3) is 5.91 Å². The van der Waals surface area contributed by atoms with Crippen molar-refractivity contribution in [3.63, 3.8) is 0 Å². The lowest BCUT2D eigenvalue weighted by molar-refractivity contribution is -0.137. The quantitative estimate of drug-likeness (QED) is 0.457. The number of halogens is 3. The molecule has 9 heteroatoms. The van der Waals surface area contributed by atoms with Gasteiger partial charge >= 0.3 is 12.1 Å². The number of ether oxygens (including phenoxy) is 1. The Bertz CT molecular complexity index is 1230. The zero-order valence-corrected chi connectivity index (χ0v) is 16.5. The number of benzene rings is 2. The molecule has 2 aromatic carbocycles. The van der Waals surface area contributed by atoms with E-state index >= 15 is 0 Å². The van der Waals surface area contributed by atoms with Crippen LogP contribution in [0.3, 0.4) is 0 Å². The highest BCUT2D eigenvalue weighted by Crippen LogP contribution is 2.29. The number of hydrogen-bond acceptors (Lipinski definition) is 4. The molecule has 1 amide bonds. The van der Waals surface area contributed by atoms with Crippen LogP contribution in [-0.4, -0.2) is 23.1 Å². The number of carbonyl (C=O) groups is 2. The normalized spacial score (nSPS) is 12.0. The minimum Gasteiger partial charge on any atom is -0.462 e. The average Bonchev–Trinajstić information content (AvgIpc) is 3.04. The molecule has 0 atom stereocenters. The highest BCUT2D eigenvalue weighted by Gasteiger charge is 2.30.